The molecular weight excluding hydrogens is 176 g/mol. The van der Waals surface area contributed by atoms with Crippen LogP contribution in [0.2, 0.25) is 0 Å². The van der Waals surface area contributed by atoms with Crippen molar-refractivity contribution in [3.8, 4) is 11.9 Å². The summed E-state index contributed by atoms with van der Waals surface area (Å²) in [6, 6.07) is 5.19. The number of hydrogen-bond acceptors (Lipinski definition) is 3. The Morgan fingerprint density at radius 2 is 2.42 bits per heavy atom. The molecule has 1 rings (SSSR count). The van der Waals surface area contributed by atoms with E-state index in [1.54, 1.807) is 19.1 Å². The average Bonchev–Trinajstić information content (AvgIpc) is 2.05. The number of nitrogens with zero attached hydrogens (tertiary/aromatic N) is 2. The van der Waals surface area contributed by atoms with Crippen LogP contribution in [0.25, 0.3) is 0 Å². The van der Waals surface area contributed by atoms with Gasteiger partial charge in [0.1, 0.15) is 6.07 Å². The molecule has 4 heteroatoms. The molecule has 0 aliphatic carbocycles. The third-order valence-electron chi connectivity index (χ3n) is 1.15. The smallest absolute Gasteiger partial charge is 0.214 e. The van der Waals surface area contributed by atoms with E-state index in [4.69, 9.17) is 21.6 Å². The summed E-state index contributed by atoms with van der Waals surface area (Å²) >= 11 is 5.56. The fourth-order valence-corrected chi connectivity index (χ4v) is 0.774. The monoisotopic (exact) mass is 182 g/mol. The van der Waals surface area contributed by atoms with E-state index in [0.717, 1.165) is 0 Å². The largest absolute Gasteiger partial charge is 0.458 e. The van der Waals surface area contributed by atoms with Crippen LogP contribution in [0.5, 0.6) is 5.88 Å². The molecule has 0 spiro atoms. The first-order valence-electron chi connectivity index (χ1n) is 3.39. The molecule has 0 saturated carbocycles. The van der Waals surface area contributed by atoms with Crippen LogP contribution in [0.3, 0.4) is 0 Å². The summed E-state index contributed by atoms with van der Waals surface area (Å²) in [6.45, 7) is 1.70. The molecular formula is C8H7ClN2O. The number of aromatic nitrogens is 1. The quantitative estimate of drug-likeness (QED) is 0.657. The van der Waals surface area contributed by atoms with E-state index in [1.165, 1.54) is 6.20 Å². The molecule has 0 bridgehead atoms. The summed E-state index contributed by atoms with van der Waals surface area (Å²) in [5.41, 5.74) is 0.0926. The number of pyridine rings is 1. The predicted octanol–water partition coefficient (Wildman–Crippen LogP) is 1.92. The zero-order chi connectivity index (χ0) is 8.97. The average molecular weight is 183 g/mol. The molecule has 0 N–H and O–H groups in total. The second-order valence-corrected chi connectivity index (χ2v) is 2.77. The van der Waals surface area contributed by atoms with Crippen LogP contribution in [-0.2, 0) is 0 Å². The zero-order valence-corrected chi connectivity index (χ0v) is 7.25. The van der Waals surface area contributed by atoms with E-state index in [9.17, 15) is 0 Å². The van der Waals surface area contributed by atoms with Gasteiger partial charge in [-0.15, -0.1) is 0 Å². The lowest BCUT2D eigenvalue weighted by molar-refractivity contribution is 0.289. The number of ether oxygens (including phenoxy) is 1. The summed E-state index contributed by atoms with van der Waals surface area (Å²) in [7, 11) is 0. The van der Waals surface area contributed by atoms with Gasteiger partial charge in [-0.25, -0.2) is 4.98 Å². The molecule has 0 saturated heterocycles. The van der Waals surface area contributed by atoms with Gasteiger partial charge in [0.05, 0.1) is 5.56 Å². The summed E-state index contributed by atoms with van der Waals surface area (Å²) < 4.78 is 5.06. The summed E-state index contributed by atoms with van der Waals surface area (Å²) in [5.74, 6) is 0.427. The molecule has 1 aromatic heterocycles. The highest BCUT2D eigenvalue weighted by molar-refractivity contribution is 6.19. The Kier molecular flexibility index (Phi) is 2.89. The summed E-state index contributed by atoms with van der Waals surface area (Å²) in [5, 5.41) is 8.45. The Morgan fingerprint density at radius 3 is 2.83 bits per heavy atom. The van der Waals surface area contributed by atoms with Gasteiger partial charge in [0.15, 0.2) is 5.56 Å². The Hall–Kier alpha value is -1.27. The molecule has 0 amide bonds. The molecule has 3 nitrogen and oxygen atoms in total. The molecule has 0 radical (unpaired) electrons. The molecule has 12 heavy (non-hydrogen) atoms. The van der Waals surface area contributed by atoms with E-state index in [2.05, 4.69) is 4.98 Å². The molecule has 0 aromatic carbocycles. The van der Waals surface area contributed by atoms with Crippen molar-refractivity contribution in [1.29, 1.82) is 5.26 Å². The molecule has 1 unspecified atom stereocenters. The van der Waals surface area contributed by atoms with Gasteiger partial charge >= 0.3 is 0 Å². The number of hydrogen-bond donors (Lipinski definition) is 0. The zero-order valence-electron chi connectivity index (χ0n) is 6.49. The van der Waals surface area contributed by atoms with Crippen LogP contribution in [0.15, 0.2) is 18.3 Å². The van der Waals surface area contributed by atoms with E-state index < -0.39 is 5.56 Å². The minimum Gasteiger partial charge on any atom is -0.458 e. The van der Waals surface area contributed by atoms with Crippen LogP contribution in [-0.4, -0.2) is 10.5 Å². The van der Waals surface area contributed by atoms with Crippen LogP contribution in [0.1, 0.15) is 12.5 Å². The van der Waals surface area contributed by atoms with E-state index in [1.807, 2.05) is 6.07 Å². The highest BCUT2D eigenvalue weighted by Crippen LogP contribution is 2.09. The SMILES string of the molecule is CC(Cl)Oc1ccc(C#N)cn1. The van der Waals surface area contributed by atoms with Gasteiger partial charge in [0.25, 0.3) is 0 Å². The Balaban J connectivity index is 2.73. The van der Waals surface area contributed by atoms with Crippen molar-refractivity contribution in [2.45, 2.75) is 12.5 Å². The maximum absolute atomic E-state index is 8.45. The lowest BCUT2D eigenvalue weighted by atomic mass is 10.3. The lowest BCUT2D eigenvalue weighted by Crippen LogP contribution is -2.03. The van der Waals surface area contributed by atoms with Gasteiger partial charge in [0, 0.05) is 12.3 Å². The van der Waals surface area contributed by atoms with Crippen molar-refractivity contribution in [2.24, 2.45) is 0 Å². The van der Waals surface area contributed by atoms with Crippen LogP contribution >= 0.6 is 11.6 Å². The van der Waals surface area contributed by atoms with Gasteiger partial charge in [-0.05, 0) is 13.0 Å². The van der Waals surface area contributed by atoms with Crippen molar-refractivity contribution >= 4 is 11.6 Å². The fraction of sp³-hybridized carbons (Fsp3) is 0.250. The van der Waals surface area contributed by atoms with Gasteiger partial charge in [-0.1, -0.05) is 11.6 Å². The molecule has 62 valence electrons. The third-order valence-corrected chi connectivity index (χ3v) is 1.24. The minimum atomic E-state index is -0.412. The first-order chi connectivity index (χ1) is 5.72. The van der Waals surface area contributed by atoms with Gasteiger partial charge in [0.2, 0.25) is 5.88 Å². The van der Waals surface area contributed by atoms with E-state index >= 15 is 0 Å². The molecule has 0 aliphatic rings. The maximum Gasteiger partial charge on any atom is 0.214 e. The summed E-state index contributed by atoms with van der Waals surface area (Å²) in [4.78, 5) is 3.86. The number of nitriles is 1. The number of alkyl halides is 1. The van der Waals surface area contributed by atoms with Crippen molar-refractivity contribution in [3.63, 3.8) is 0 Å². The van der Waals surface area contributed by atoms with Crippen LogP contribution in [0.4, 0.5) is 0 Å². The van der Waals surface area contributed by atoms with E-state index in [-0.39, 0.29) is 0 Å². The van der Waals surface area contributed by atoms with Crippen LogP contribution < -0.4 is 4.74 Å². The highest BCUT2D eigenvalue weighted by atomic mass is 35.5. The van der Waals surface area contributed by atoms with Gasteiger partial charge < -0.3 is 4.74 Å². The van der Waals surface area contributed by atoms with Crippen molar-refractivity contribution < 1.29 is 4.74 Å². The minimum absolute atomic E-state index is 0.412. The van der Waals surface area contributed by atoms with Crippen LogP contribution in [0, 0.1) is 11.3 Å². The first-order valence-corrected chi connectivity index (χ1v) is 3.83. The normalized spacial score (nSPS) is 11.8. The van der Waals surface area contributed by atoms with E-state index in [0.29, 0.717) is 11.4 Å². The Labute approximate surface area is 75.6 Å². The fourth-order valence-electron chi connectivity index (χ4n) is 0.683. The second kappa shape index (κ2) is 3.93. The first kappa shape index (κ1) is 8.82. The molecule has 1 aromatic rings. The predicted molar refractivity (Wildman–Crippen MR) is 44.9 cm³/mol. The summed E-state index contributed by atoms with van der Waals surface area (Å²) in [6.07, 6.45) is 1.44. The second-order valence-electron chi connectivity index (χ2n) is 2.16. The topological polar surface area (TPSA) is 45.9 Å². The number of rotatable bonds is 2. The maximum atomic E-state index is 8.45. The lowest BCUT2D eigenvalue weighted by Gasteiger charge is -2.05. The number of halogens is 1. The van der Waals surface area contributed by atoms with Crippen molar-refractivity contribution in [3.05, 3.63) is 23.9 Å². The Morgan fingerprint density at radius 1 is 1.67 bits per heavy atom. The molecule has 1 heterocycles. The Bertz CT molecular complexity index is 289. The third kappa shape index (κ3) is 2.40. The standard InChI is InChI=1S/C8H7ClN2O/c1-6(9)12-8-3-2-7(4-10)5-11-8/h2-3,5-6H,1H3. The molecule has 1 atom stereocenters. The molecule has 0 aliphatic heterocycles. The van der Waals surface area contributed by atoms with Gasteiger partial charge in [-0.2, -0.15) is 5.26 Å². The van der Waals surface area contributed by atoms with Gasteiger partial charge in [-0.3, -0.25) is 0 Å². The van der Waals surface area contributed by atoms with Crippen molar-refractivity contribution in [1.82, 2.24) is 4.98 Å². The van der Waals surface area contributed by atoms with Crippen molar-refractivity contribution in [2.75, 3.05) is 0 Å². The molecule has 0 fully saturated rings. The highest BCUT2D eigenvalue weighted by Gasteiger charge is 1.99.